The van der Waals surface area contributed by atoms with Gasteiger partial charge in [-0.05, 0) is 37.6 Å². The van der Waals surface area contributed by atoms with Crippen LogP contribution in [0.4, 0.5) is 5.69 Å². The first kappa shape index (κ1) is 14.0. The van der Waals surface area contributed by atoms with Gasteiger partial charge in [0.1, 0.15) is 0 Å². The monoisotopic (exact) mass is 326 g/mol. The minimum atomic E-state index is -1.06. The standard InChI is InChI=1S/C13H15BrN2O3/c14-8-4-5-9(13(18)19)11(7-8)16-12(17)10-3-1-2-6-15-10/h4-5,7,10,15H,1-3,6H2,(H,16,17)(H,18,19). The Hall–Kier alpha value is -1.40. The number of amides is 1. The highest BCUT2D eigenvalue weighted by molar-refractivity contribution is 9.10. The molecule has 1 fully saturated rings. The van der Waals surface area contributed by atoms with E-state index in [-0.39, 0.29) is 17.5 Å². The van der Waals surface area contributed by atoms with Gasteiger partial charge in [0.15, 0.2) is 0 Å². The van der Waals surface area contributed by atoms with Crippen LogP contribution in [0.5, 0.6) is 0 Å². The van der Waals surface area contributed by atoms with Gasteiger partial charge in [-0.2, -0.15) is 0 Å². The maximum atomic E-state index is 12.1. The Kier molecular flexibility index (Phi) is 4.55. The second-order valence-corrected chi connectivity index (χ2v) is 5.40. The third-order valence-corrected chi connectivity index (χ3v) is 3.59. The second kappa shape index (κ2) is 6.16. The first-order valence-corrected chi connectivity index (χ1v) is 6.94. The number of hydrogen-bond acceptors (Lipinski definition) is 3. The van der Waals surface area contributed by atoms with E-state index < -0.39 is 5.97 Å². The van der Waals surface area contributed by atoms with Gasteiger partial charge in [0.05, 0.1) is 17.3 Å². The fourth-order valence-electron chi connectivity index (χ4n) is 2.10. The van der Waals surface area contributed by atoms with Gasteiger partial charge in [0, 0.05) is 4.47 Å². The topological polar surface area (TPSA) is 78.4 Å². The smallest absolute Gasteiger partial charge is 0.337 e. The van der Waals surface area contributed by atoms with E-state index >= 15 is 0 Å². The van der Waals surface area contributed by atoms with Crippen molar-refractivity contribution in [2.24, 2.45) is 0 Å². The number of aromatic carboxylic acids is 1. The van der Waals surface area contributed by atoms with Crippen LogP contribution in [0.3, 0.4) is 0 Å². The highest BCUT2D eigenvalue weighted by atomic mass is 79.9. The fourth-order valence-corrected chi connectivity index (χ4v) is 2.46. The van der Waals surface area contributed by atoms with Gasteiger partial charge in [-0.3, -0.25) is 4.79 Å². The SMILES string of the molecule is O=C(O)c1ccc(Br)cc1NC(=O)C1CCCCN1. The van der Waals surface area contributed by atoms with E-state index in [1.54, 1.807) is 12.1 Å². The Labute approximate surface area is 119 Å². The van der Waals surface area contributed by atoms with E-state index in [0.717, 1.165) is 30.3 Å². The van der Waals surface area contributed by atoms with Gasteiger partial charge in [0.2, 0.25) is 5.91 Å². The van der Waals surface area contributed by atoms with Crippen LogP contribution in [0, 0.1) is 0 Å². The van der Waals surface area contributed by atoms with Crippen molar-refractivity contribution in [3.8, 4) is 0 Å². The van der Waals surface area contributed by atoms with Crippen LogP contribution in [0.2, 0.25) is 0 Å². The molecule has 6 heteroatoms. The number of halogens is 1. The second-order valence-electron chi connectivity index (χ2n) is 4.49. The molecule has 1 heterocycles. The number of carbonyl (C=O) groups excluding carboxylic acids is 1. The minimum absolute atomic E-state index is 0.0901. The summed E-state index contributed by atoms with van der Waals surface area (Å²) in [4.78, 5) is 23.2. The van der Waals surface area contributed by atoms with Gasteiger partial charge in [0.25, 0.3) is 0 Å². The van der Waals surface area contributed by atoms with E-state index in [1.807, 2.05) is 0 Å². The number of benzene rings is 1. The Morgan fingerprint density at radius 2 is 2.16 bits per heavy atom. The largest absolute Gasteiger partial charge is 0.478 e. The molecular weight excluding hydrogens is 312 g/mol. The molecule has 1 atom stereocenters. The van der Waals surface area contributed by atoms with Crippen LogP contribution < -0.4 is 10.6 Å². The van der Waals surface area contributed by atoms with Gasteiger partial charge in [-0.1, -0.05) is 22.4 Å². The maximum Gasteiger partial charge on any atom is 0.337 e. The lowest BCUT2D eigenvalue weighted by Gasteiger charge is -2.22. The first-order chi connectivity index (χ1) is 9.08. The van der Waals surface area contributed by atoms with Crippen LogP contribution in [0.15, 0.2) is 22.7 Å². The zero-order chi connectivity index (χ0) is 13.8. The van der Waals surface area contributed by atoms with Crippen molar-refractivity contribution in [3.05, 3.63) is 28.2 Å². The number of carboxylic acid groups (broad SMARTS) is 1. The third-order valence-electron chi connectivity index (χ3n) is 3.10. The molecule has 1 saturated heterocycles. The summed E-state index contributed by atoms with van der Waals surface area (Å²) in [6, 6.07) is 4.47. The van der Waals surface area contributed by atoms with Gasteiger partial charge < -0.3 is 15.7 Å². The molecule has 3 N–H and O–H groups in total. The van der Waals surface area contributed by atoms with Gasteiger partial charge in [-0.25, -0.2) is 4.79 Å². The number of anilines is 1. The average Bonchev–Trinajstić information content (AvgIpc) is 2.39. The van der Waals surface area contributed by atoms with Crippen LogP contribution in [0.25, 0.3) is 0 Å². The lowest BCUT2D eigenvalue weighted by Crippen LogP contribution is -2.43. The van der Waals surface area contributed by atoms with E-state index in [4.69, 9.17) is 5.11 Å². The minimum Gasteiger partial charge on any atom is -0.478 e. The Morgan fingerprint density at radius 3 is 2.79 bits per heavy atom. The summed E-state index contributed by atoms with van der Waals surface area (Å²) in [6.45, 7) is 0.822. The maximum absolute atomic E-state index is 12.1. The van der Waals surface area contributed by atoms with E-state index in [0.29, 0.717) is 5.69 Å². The molecule has 0 saturated carbocycles. The number of hydrogen-bond donors (Lipinski definition) is 3. The highest BCUT2D eigenvalue weighted by Gasteiger charge is 2.22. The Morgan fingerprint density at radius 1 is 1.37 bits per heavy atom. The average molecular weight is 327 g/mol. The van der Waals surface area contributed by atoms with Gasteiger partial charge >= 0.3 is 5.97 Å². The molecule has 19 heavy (non-hydrogen) atoms. The molecule has 1 unspecified atom stereocenters. The van der Waals surface area contributed by atoms with Crippen molar-refractivity contribution in [2.45, 2.75) is 25.3 Å². The van der Waals surface area contributed by atoms with E-state index in [9.17, 15) is 9.59 Å². The van der Waals surface area contributed by atoms with Gasteiger partial charge in [-0.15, -0.1) is 0 Å². The van der Waals surface area contributed by atoms with Crippen molar-refractivity contribution >= 4 is 33.5 Å². The number of carboxylic acids is 1. The fraction of sp³-hybridized carbons (Fsp3) is 0.385. The van der Waals surface area contributed by atoms with Crippen molar-refractivity contribution < 1.29 is 14.7 Å². The number of carbonyl (C=O) groups is 2. The molecule has 0 aromatic heterocycles. The Balaban J connectivity index is 2.15. The summed E-state index contributed by atoms with van der Waals surface area (Å²) < 4.78 is 0.726. The molecule has 1 aliphatic heterocycles. The molecule has 0 radical (unpaired) electrons. The molecule has 1 aromatic rings. The Bertz CT molecular complexity index is 499. The highest BCUT2D eigenvalue weighted by Crippen LogP contribution is 2.22. The summed E-state index contributed by atoms with van der Waals surface area (Å²) in [5.41, 5.74) is 0.409. The van der Waals surface area contributed by atoms with Crippen molar-refractivity contribution in [2.75, 3.05) is 11.9 Å². The van der Waals surface area contributed by atoms with Crippen molar-refractivity contribution in [1.82, 2.24) is 5.32 Å². The molecule has 0 bridgehead atoms. The quantitative estimate of drug-likeness (QED) is 0.795. The van der Waals surface area contributed by atoms with Crippen LogP contribution in [0.1, 0.15) is 29.6 Å². The predicted molar refractivity (Wildman–Crippen MR) is 75.4 cm³/mol. The van der Waals surface area contributed by atoms with Crippen LogP contribution >= 0.6 is 15.9 Å². The van der Waals surface area contributed by atoms with Crippen molar-refractivity contribution in [1.29, 1.82) is 0 Å². The van der Waals surface area contributed by atoms with Crippen molar-refractivity contribution in [3.63, 3.8) is 0 Å². The molecule has 1 amide bonds. The zero-order valence-electron chi connectivity index (χ0n) is 10.3. The third kappa shape index (κ3) is 3.54. The molecule has 102 valence electrons. The zero-order valence-corrected chi connectivity index (χ0v) is 11.9. The molecule has 2 rings (SSSR count). The number of rotatable bonds is 3. The number of nitrogens with one attached hydrogen (secondary N) is 2. The lowest BCUT2D eigenvalue weighted by atomic mass is 10.0. The molecule has 1 aromatic carbocycles. The summed E-state index contributed by atoms with van der Waals surface area (Å²) in [5.74, 6) is -1.24. The lowest BCUT2D eigenvalue weighted by molar-refractivity contribution is -0.118. The summed E-state index contributed by atoms with van der Waals surface area (Å²) >= 11 is 3.27. The molecular formula is C13H15BrN2O3. The van der Waals surface area contributed by atoms with E-state index in [2.05, 4.69) is 26.6 Å². The summed E-state index contributed by atoms with van der Waals surface area (Å²) in [5, 5.41) is 14.9. The predicted octanol–water partition coefficient (Wildman–Crippen LogP) is 2.23. The summed E-state index contributed by atoms with van der Waals surface area (Å²) in [6.07, 6.45) is 2.86. The molecule has 0 aliphatic carbocycles. The molecule has 1 aliphatic rings. The number of piperidine rings is 1. The molecule has 0 spiro atoms. The van der Waals surface area contributed by atoms with E-state index in [1.165, 1.54) is 6.07 Å². The van der Waals surface area contributed by atoms with Crippen LogP contribution in [-0.4, -0.2) is 29.6 Å². The summed E-state index contributed by atoms with van der Waals surface area (Å²) in [7, 11) is 0. The molecule has 5 nitrogen and oxygen atoms in total. The van der Waals surface area contributed by atoms with Crippen LogP contribution in [-0.2, 0) is 4.79 Å². The normalized spacial score (nSPS) is 18.9. The first-order valence-electron chi connectivity index (χ1n) is 6.15.